The van der Waals surface area contributed by atoms with Crippen LogP contribution in [0.3, 0.4) is 0 Å². The van der Waals surface area contributed by atoms with E-state index in [4.69, 9.17) is 10.00 Å². The van der Waals surface area contributed by atoms with Gasteiger partial charge in [0.2, 0.25) is 0 Å². The minimum absolute atomic E-state index is 0.213. The van der Waals surface area contributed by atoms with E-state index in [0.717, 1.165) is 25.8 Å². The van der Waals surface area contributed by atoms with E-state index < -0.39 is 6.10 Å². The molecule has 2 N–H and O–H groups in total. The molecular weight excluding hydrogens is 204 g/mol. The minimum atomic E-state index is -0.430. The maximum absolute atomic E-state index is 9.34. The molecule has 0 fully saturated rings. The quantitative estimate of drug-likeness (QED) is 0.584. The number of rotatable bonds is 9. The topological polar surface area (TPSA) is 65.3 Å². The van der Waals surface area contributed by atoms with Gasteiger partial charge in [0.05, 0.1) is 24.2 Å². The van der Waals surface area contributed by atoms with E-state index >= 15 is 0 Å². The van der Waals surface area contributed by atoms with Gasteiger partial charge in [0.1, 0.15) is 0 Å². The van der Waals surface area contributed by atoms with Gasteiger partial charge in [-0.3, -0.25) is 0 Å². The molecule has 4 heteroatoms. The van der Waals surface area contributed by atoms with Crippen molar-refractivity contribution in [3.05, 3.63) is 0 Å². The van der Waals surface area contributed by atoms with E-state index in [9.17, 15) is 5.11 Å². The highest BCUT2D eigenvalue weighted by Gasteiger charge is 2.15. The van der Waals surface area contributed by atoms with Crippen LogP contribution < -0.4 is 5.32 Å². The molecule has 4 nitrogen and oxygen atoms in total. The summed E-state index contributed by atoms with van der Waals surface area (Å²) >= 11 is 0. The fourth-order valence-corrected chi connectivity index (χ4v) is 1.39. The van der Waals surface area contributed by atoms with Crippen molar-refractivity contribution in [1.82, 2.24) is 5.32 Å². The van der Waals surface area contributed by atoms with Gasteiger partial charge in [-0.05, 0) is 33.2 Å². The molecule has 1 unspecified atom stereocenters. The van der Waals surface area contributed by atoms with Crippen molar-refractivity contribution in [2.45, 2.75) is 39.2 Å². The van der Waals surface area contributed by atoms with Crippen molar-refractivity contribution in [2.75, 3.05) is 26.8 Å². The number of nitriles is 1. The molecule has 0 spiro atoms. The Labute approximate surface area is 98.6 Å². The Balaban J connectivity index is 3.32. The highest BCUT2D eigenvalue weighted by Crippen LogP contribution is 2.21. The molecule has 16 heavy (non-hydrogen) atoms. The van der Waals surface area contributed by atoms with Gasteiger partial charge in [-0.2, -0.15) is 5.26 Å². The number of methoxy groups -OCH3 is 1. The monoisotopic (exact) mass is 228 g/mol. The van der Waals surface area contributed by atoms with Gasteiger partial charge in [-0.25, -0.2) is 0 Å². The molecular formula is C12H24N2O2. The van der Waals surface area contributed by atoms with E-state index in [0.29, 0.717) is 13.2 Å². The Kier molecular flexibility index (Phi) is 8.18. The molecule has 1 atom stereocenters. The second-order valence-electron chi connectivity index (χ2n) is 4.77. The molecule has 0 bridgehead atoms. The summed E-state index contributed by atoms with van der Waals surface area (Å²) < 4.78 is 4.82. The van der Waals surface area contributed by atoms with Crippen LogP contribution in [-0.2, 0) is 4.74 Å². The predicted molar refractivity (Wildman–Crippen MR) is 64.0 cm³/mol. The van der Waals surface area contributed by atoms with Gasteiger partial charge in [0.25, 0.3) is 0 Å². The van der Waals surface area contributed by atoms with Crippen molar-refractivity contribution in [2.24, 2.45) is 5.41 Å². The summed E-state index contributed by atoms with van der Waals surface area (Å²) in [7, 11) is 1.58. The third-order valence-electron chi connectivity index (χ3n) is 2.45. The SMILES string of the molecule is COCC(O)CNCCCCC(C)(C)C#N. The lowest BCUT2D eigenvalue weighted by molar-refractivity contribution is 0.0646. The zero-order valence-electron chi connectivity index (χ0n) is 10.6. The van der Waals surface area contributed by atoms with E-state index in [-0.39, 0.29) is 5.41 Å². The summed E-state index contributed by atoms with van der Waals surface area (Å²) in [5.74, 6) is 0. The average Bonchev–Trinajstić information content (AvgIpc) is 2.23. The number of hydrogen-bond donors (Lipinski definition) is 2. The van der Waals surface area contributed by atoms with Crippen molar-refractivity contribution in [3.8, 4) is 6.07 Å². The fourth-order valence-electron chi connectivity index (χ4n) is 1.39. The van der Waals surface area contributed by atoms with Crippen LogP contribution in [-0.4, -0.2) is 38.0 Å². The Morgan fingerprint density at radius 2 is 2.12 bits per heavy atom. The van der Waals surface area contributed by atoms with Crippen molar-refractivity contribution in [3.63, 3.8) is 0 Å². The van der Waals surface area contributed by atoms with Gasteiger partial charge < -0.3 is 15.2 Å². The molecule has 0 aromatic heterocycles. The van der Waals surface area contributed by atoms with Crippen LogP contribution in [0.15, 0.2) is 0 Å². The average molecular weight is 228 g/mol. The first-order chi connectivity index (χ1) is 7.52. The molecule has 0 rings (SSSR count). The summed E-state index contributed by atoms with van der Waals surface area (Å²) in [6.45, 7) is 5.73. The van der Waals surface area contributed by atoms with Gasteiger partial charge in [-0.1, -0.05) is 6.42 Å². The van der Waals surface area contributed by atoms with E-state index in [1.807, 2.05) is 13.8 Å². The van der Waals surface area contributed by atoms with Crippen LogP contribution in [0.25, 0.3) is 0 Å². The number of aliphatic hydroxyl groups excluding tert-OH is 1. The lowest BCUT2D eigenvalue weighted by Gasteiger charge is -2.15. The zero-order valence-corrected chi connectivity index (χ0v) is 10.6. The summed E-state index contributed by atoms with van der Waals surface area (Å²) in [5.41, 5.74) is -0.213. The first-order valence-electron chi connectivity index (χ1n) is 5.81. The van der Waals surface area contributed by atoms with Crippen LogP contribution in [0, 0.1) is 16.7 Å². The molecule has 94 valence electrons. The lowest BCUT2D eigenvalue weighted by Crippen LogP contribution is -2.30. The van der Waals surface area contributed by atoms with Gasteiger partial charge in [0.15, 0.2) is 0 Å². The third kappa shape index (κ3) is 8.66. The summed E-state index contributed by atoms with van der Waals surface area (Å²) in [4.78, 5) is 0. The van der Waals surface area contributed by atoms with Crippen molar-refractivity contribution < 1.29 is 9.84 Å². The molecule has 0 amide bonds. The van der Waals surface area contributed by atoms with E-state index in [2.05, 4.69) is 11.4 Å². The maximum atomic E-state index is 9.34. The van der Waals surface area contributed by atoms with E-state index in [1.54, 1.807) is 7.11 Å². The summed E-state index contributed by atoms with van der Waals surface area (Å²) in [6, 6.07) is 2.29. The molecule has 0 aliphatic heterocycles. The highest BCUT2D eigenvalue weighted by molar-refractivity contribution is 4.91. The lowest BCUT2D eigenvalue weighted by atomic mass is 9.89. The Morgan fingerprint density at radius 3 is 2.69 bits per heavy atom. The van der Waals surface area contributed by atoms with Crippen LogP contribution >= 0.6 is 0 Å². The Bertz CT molecular complexity index is 212. The number of unbranched alkanes of at least 4 members (excludes halogenated alkanes) is 1. The van der Waals surface area contributed by atoms with Crippen LogP contribution in [0.2, 0.25) is 0 Å². The molecule has 0 aromatic carbocycles. The first kappa shape index (κ1) is 15.4. The number of nitrogens with one attached hydrogen (secondary N) is 1. The second-order valence-corrected chi connectivity index (χ2v) is 4.77. The molecule has 0 radical (unpaired) electrons. The zero-order chi connectivity index (χ0) is 12.4. The number of hydrogen-bond acceptors (Lipinski definition) is 4. The normalized spacial score (nSPS) is 13.4. The molecule has 0 heterocycles. The first-order valence-corrected chi connectivity index (χ1v) is 5.81. The van der Waals surface area contributed by atoms with Crippen molar-refractivity contribution in [1.29, 1.82) is 5.26 Å². The van der Waals surface area contributed by atoms with Gasteiger partial charge >= 0.3 is 0 Å². The van der Waals surface area contributed by atoms with Gasteiger partial charge in [-0.15, -0.1) is 0 Å². The molecule has 0 aromatic rings. The molecule has 0 aliphatic carbocycles. The smallest absolute Gasteiger partial charge is 0.0897 e. The van der Waals surface area contributed by atoms with Crippen LogP contribution in [0.4, 0.5) is 0 Å². The second kappa shape index (κ2) is 8.51. The predicted octanol–water partition coefficient (Wildman–Crippen LogP) is 1.30. The molecule has 0 aliphatic rings. The fraction of sp³-hybridized carbons (Fsp3) is 0.917. The summed E-state index contributed by atoms with van der Waals surface area (Å²) in [5, 5.41) is 21.3. The number of aliphatic hydroxyl groups is 1. The maximum Gasteiger partial charge on any atom is 0.0897 e. The third-order valence-corrected chi connectivity index (χ3v) is 2.45. The van der Waals surface area contributed by atoms with Gasteiger partial charge in [0, 0.05) is 13.7 Å². The molecule has 0 saturated carbocycles. The summed E-state index contributed by atoms with van der Waals surface area (Å²) in [6.07, 6.45) is 2.56. The van der Waals surface area contributed by atoms with Crippen LogP contribution in [0.5, 0.6) is 0 Å². The van der Waals surface area contributed by atoms with Crippen molar-refractivity contribution >= 4 is 0 Å². The number of nitrogens with zero attached hydrogens (tertiary/aromatic N) is 1. The Morgan fingerprint density at radius 1 is 1.44 bits per heavy atom. The highest BCUT2D eigenvalue weighted by atomic mass is 16.5. The Hall–Kier alpha value is -0.630. The minimum Gasteiger partial charge on any atom is -0.389 e. The number of ether oxygens (including phenoxy) is 1. The van der Waals surface area contributed by atoms with E-state index in [1.165, 1.54) is 0 Å². The largest absolute Gasteiger partial charge is 0.389 e. The standard InChI is InChI=1S/C12H24N2O2/c1-12(2,10-13)6-4-5-7-14-8-11(15)9-16-3/h11,14-15H,4-9H2,1-3H3. The molecule has 0 saturated heterocycles. The van der Waals surface area contributed by atoms with Crippen LogP contribution in [0.1, 0.15) is 33.1 Å².